The molecule has 0 bridgehead atoms. The third kappa shape index (κ3) is 4.53. The highest BCUT2D eigenvalue weighted by molar-refractivity contribution is 7.19. The van der Waals surface area contributed by atoms with Crippen LogP contribution in [0.4, 0.5) is 5.69 Å². The van der Waals surface area contributed by atoms with Gasteiger partial charge in [-0.3, -0.25) is 9.48 Å². The molecule has 3 aromatic heterocycles. The second-order valence-corrected chi connectivity index (χ2v) is 10.7. The van der Waals surface area contributed by atoms with E-state index in [1.807, 2.05) is 19.1 Å². The molecule has 6 nitrogen and oxygen atoms in total. The molecule has 0 aromatic carbocycles. The van der Waals surface area contributed by atoms with Crippen molar-refractivity contribution in [2.45, 2.75) is 71.9 Å². The van der Waals surface area contributed by atoms with Crippen LogP contribution in [0.25, 0.3) is 10.2 Å². The average Bonchev–Trinajstić information content (AvgIpc) is 3.27. The number of carbonyl (C=O) groups excluding carboxylic acids is 1. The standard InChI is InChI=1S/C24H32N4O2S/c1-14(2)16-9-11-17(12-10-16)28-13-19-20(27-28)21(22(31-19)24(4,5)30)26-23(29)18-8-6-7-15(3)25-18/h6-8,13-14,16-17,30H,9-12H2,1-5H3,(H,26,29). The summed E-state index contributed by atoms with van der Waals surface area (Å²) >= 11 is 1.49. The number of anilines is 1. The van der Waals surface area contributed by atoms with Gasteiger partial charge in [-0.15, -0.1) is 11.3 Å². The van der Waals surface area contributed by atoms with Crippen molar-refractivity contribution >= 4 is 33.1 Å². The molecule has 1 amide bonds. The maximum absolute atomic E-state index is 12.9. The highest BCUT2D eigenvalue weighted by Gasteiger charge is 2.30. The predicted molar refractivity (Wildman–Crippen MR) is 126 cm³/mol. The van der Waals surface area contributed by atoms with E-state index in [-0.39, 0.29) is 5.91 Å². The number of nitrogens with zero attached hydrogens (tertiary/aromatic N) is 3. The Morgan fingerprint density at radius 2 is 1.97 bits per heavy atom. The summed E-state index contributed by atoms with van der Waals surface area (Å²) < 4.78 is 3.06. The first kappa shape index (κ1) is 22.0. The number of aryl methyl sites for hydroxylation is 1. The molecule has 166 valence electrons. The van der Waals surface area contributed by atoms with Crippen LogP contribution in [-0.4, -0.2) is 25.8 Å². The van der Waals surface area contributed by atoms with Crippen LogP contribution in [0.3, 0.4) is 0 Å². The molecule has 4 rings (SSSR count). The summed E-state index contributed by atoms with van der Waals surface area (Å²) in [6, 6.07) is 5.76. The van der Waals surface area contributed by atoms with Gasteiger partial charge in [-0.05, 0) is 70.4 Å². The Hall–Kier alpha value is -2.25. The average molecular weight is 441 g/mol. The summed E-state index contributed by atoms with van der Waals surface area (Å²) in [5.74, 6) is 1.24. The first-order valence-electron chi connectivity index (χ1n) is 11.1. The van der Waals surface area contributed by atoms with Crippen molar-refractivity contribution in [1.82, 2.24) is 14.8 Å². The van der Waals surface area contributed by atoms with Gasteiger partial charge in [0, 0.05) is 11.9 Å². The molecule has 0 atom stereocenters. The first-order valence-corrected chi connectivity index (χ1v) is 11.9. The van der Waals surface area contributed by atoms with Gasteiger partial charge in [-0.1, -0.05) is 19.9 Å². The lowest BCUT2D eigenvalue weighted by Gasteiger charge is -2.31. The van der Waals surface area contributed by atoms with E-state index < -0.39 is 5.60 Å². The van der Waals surface area contributed by atoms with Gasteiger partial charge >= 0.3 is 0 Å². The van der Waals surface area contributed by atoms with E-state index in [1.165, 1.54) is 24.2 Å². The Balaban J connectivity index is 1.65. The zero-order chi connectivity index (χ0) is 22.3. The van der Waals surface area contributed by atoms with Crippen molar-refractivity contribution < 1.29 is 9.90 Å². The molecule has 1 aliphatic rings. The van der Waals surface area contributed by atoms with Crippen molar-refractivity contribution in [3.8, 4) is 0 Å². The second kappa shape index (κ2) is 8.36. The molecule has 3 heterocycles. The molecule has 0 saturated heterocycles. The number of hydrogen-bond donors (Lipinski definition) is 2. The number of pyridine rings is 1. The van der Waals surface area contributed by atoms with E-state index in [0.717, 1.165) is 40.6 Å². The largest absolute Gasteiger partial charge is 0.385 e. The topological polar surface area (TPSA) is 80.0 Å². The van der Waals surface area contributed by atoms with Crippen molar-refractivity contribution in [3.63, 3.8) is 0 Å². The third-order valence-corrected chi connectivity index (χ3v) is 7.77. The van der Waals surface area contributed by atoms with Crippen molar-refractivity contribution in [3.05, 3.63) is 40.7 Å². The SMILES string of the molecule is Cc1cccc(C(=O)Nc2c(C(C)(C)O)sc3cn(C4CCC(C(C)C)CC4)nc23)n1. The quantitative estimate of drug-likeness (QED) is 0.536. The van der Waals surface area contributed by atoms with E-state index >= 15 is 0 Å². The van der Waals surface area contributed by atoms with Crippen LogP contribution in [-0.2, 0) is 5.60 Å². The highest BCUT2D eigenvalue weighted by atomic mass is 32.1. The monoisotopic (exact) mass is 440 g/mol. The number of hydrogen-bond acceptors (Lipinski definition) is 5. The number of amides is 1. The molecule has 3 aromatic rings. The second-order valence-electron chi connectivity index (χ2n) is 9.62. The molecule has 1 fully saturated rings. The lowest BCUT2D eigenvalue weighted by molar-refractivity contribution is 0.0832. The minimum Gasteiger partial charge on any atom is -0.385 e. The molecule has 0 spiro atoms. The molecule has 1 saturated carbocycles. The summed E-state index contributed by atoms with van der Waals surface area (Å²) in [5.41, 5.74) is 1.39. The summed E-state index contributed by atoms with van der Waals surface area (Å²) in [6.45, 7) is 9.95. The summed E-state index contributed by atoms with van der Waals surface area (Å²) in [6.07, 6.45) is 6.80. The van der Waals surface area contributed by atoms with Crippen molar-refractivity contribution in [1.29, 1.82) is 0 Å². The van der Waals surface area contributed by atoms with Gasteiger partial charge in [0.15, 0.2) is 0 Å². The Labute approximate surface area is 187 Å². The molecule has 1 aliphatic carbocycles. The summed E-state index contributed by atoms with van der Waals surface area (Å²) in [4.78, 5) is 17.9. The smallest absolute Gasteiger partial charge is 0.274 e. The maximum atomic E-state index is 12.9. The van der Waals surface area contributed by atoms with Gasteiger partial charge < -0.3 is 10.4 Å². The van der Waals surface area contributed by atoms with Gasteiger partial charge in [0.1, 0.15) is 11.2 Å². The predicted octanol–water partition coefficient (Wildman–Crippen LogP) is 5.67. The van der Waals surface area contributed by atoms with E-state index in [4.69, 9.17) is 5.10 Å². The molecule has 31 heavy (non-hydrogen) atoms. The van der Waals surface area contributed by atoms with Crippen LogP contribution in [0, 0.1) is 18.8 Å². The molecule has 2 N–H and O–H groups in total. The van der Waals surface area contributed by atoms with Crippen LogP contribution in [0.5, 0.6) is 0 Å². The van der Waals surface area contributed by atoms with Gasteiger partial charge in [-0.2, -0.15) is 5.10 Å². The van der Waals surface area contributed by atoms with Crippen LogP contribution in [0.2, 0.25) is 0 Å². The lowest BCUT2D eigenvalue weighted by Crippen LogP contribution is -2.22. The zero-order valence-corrected chi connectivity index (χ0v) is 19.8. The fourth-order valence-corrected chi connectivity index (χ4v) is 5.62. The fraction of sp³-hybridized carbons (Fsp3) is 0.542. The van der Waals surface area contributed by atoms with Crippen LogP contribution >= 0.6 is 11.3 Å². The molecular formula is C24H32N4O2S. The maximum Gasteiger partial charge on any atom is 0.274 e. The van der Waals surface area contributed by atoms with Crippen molar-refractivity contribution in [2.75, 3.05) is 5.32 Å². The normalized spacial score (nSPS) is 19.8. The molecule has 7 heteroatoms. The minimum absolute atomic E-state index is 0.291. The fourth-order valence-electron chi connectivity index (χ4n) is 4.51. The number of nitrogens with one attached hydrogen (secondary N) is 1. The Morgan fingerprint density at radius 3 is 2.58 bits per heavy atom. The molecular weight excluding hydrogens is 408 g/mol. The Bertz CT molecular complexity index is 1080. The summed E-state index contributed by atoms with van der Waals surface area (Å²) in [7, 11) is 0. The zero-order valence-electron chi connectivity index (χ0n) is 19.0. The van der Waals surface area contributed by atoms with Crippen LogP contribution in [0.15, 0.2) is 24.4 Å². The van der Waals surface area contributed by atoms with Crippen LogP contribution < -0.4 is 5.32 Å². The molecule has 0 radical (unpaired) electrons. The van der Waals surface area contributed by atoms with E-state index in [2.05, 4.69) is 35.0 Å². The number of aromatic nitrogens is 3. The number of aliphatic hydroxyl groups is 1. The third-order valence-electron chi connectivity index (χ3n) is 6.35. The number of carbonyl (C=O) groups is 1. The number of fused-ring (bicyclic) bond motifs is 1. The molecule has 0 unspecified atom stereocenters. The minimum atomic E-state index is -1.08. The van der Waals surface area contributed by atoms with Crippen molar-refractivity contribution in [2.24, 2.45) is 11.8 Å². The first-order chi connectivity index (χ1) is 14.6. The summed E-state index contributed by atoms with van der Waals surface area (Å²) in [5, 5.41) is 18.6. The van der Waals surface area contributed by atoms with E-state index in [9.17, 15) is 9.90 Å². The Morgan fingerprint density at radius 1 is 1.26 bits per heavy atom. The highest BCUT2D eigenvalue weighted by Crippen LogP contribution is 2.43. The van der Waals surface area contributed by atoms with Gasteiger partial charge in [0.25, 0.3) is 5.91 Å². The van der Waals surface area contributed by atoms with E-state index in [0.29, 0.717) is 22.3 Å². The van der Waals surface area contributed by atoms with E-state index in [1.54, 1.807) is 19.9 Å². The Kier molecular flexibility index (Phi) is 5.92. The lowest BCUT2D eigenvalue weighted by atomic mass is 9.80. The van der Waals surface area contributed by atoms with Crippen LogP contribution in [0.1, 0.15) is 80.5 Å². The molecule has 0 aliphatic heterocycles. The number of rotatable bonds is 5. The number of thiophene rings is 1. The van der Waals surface area contributed by atoms with Gasteiger partial charge in [0.2, 0.25) is 0 Å². The van der Waals surface area contributed by atoms with Gasteiger partial charge in [-0.25, -0.2) is 4.98 Å². The van der Waals surface area contributed by atoms with Gasteiger partial charge in [0.05, 0.1) is 26.9 Å².